The summed E-state index contributed by atoms with van der Waals surface area (Å²) in [5.74, 6) is -0.194. The van der Waals surface area contributed by atoms with E-state index in [0.717, 1.165) is 0 Å². The summed E-state index contributed by atoms with van der Waals surface area (Å²) in [5, 5.41) is 10.3. The predicted octanol–water partition coefficient (Wildman–Crippen LogP) is 3.11. The van der Waals surface area contributed by atoms with E-state index in [9.17, 15) is 14.4 Å². The van der Waals surface area contributed by atoms with Gasteiger partial charge in [-0.25, -0.2) is 9.59 Å². The highest BCUT2D eigenvalue weighted by molar-refractivity contribution is 7.80. The number of methoxy groups -OCH3 is 1. The van der Waals surface area contributed by atoms with Crippen LogP contribution in [-0.4, -0.2) is 36.7 Å². The second kappa shape index (κ2) is 10.0. The fourth-order valence-electron chi connectivity index (χ4n) is 2.28. The molecule has 0 saturated carbocycles. The number of ether oxygens (including phenoxy) is 1. The number of alkyl carbamates (subject to hydrolysis) is 1. The van der Waals surface area contributed by atoms with Crippen LogP contribution in [0.5, 0.6) is 0 Å². The van der Waals surface area contributed by atoms with Gasteiger partial charge in [-0.3, -0.25) is 10.1 Å². The minimum Gasteiger partial charge on any atom is -0.453 e. The normalized spacial score (nSPS) is 9.79. The molecule has 0 aromatic heterocycles. The Morgan fingerprint density at radius 1 is 0.964 bits per heavy atom. The Kier molecular flexibility index (Phi) is 7.46. The summed E-state index contributed by atoms with van der Waals surface area (Å²) in [5.41, 5.74) is 1.63. The monoisotopic (exact) mass is 400 g/mol. The molecule has 0 unspecified atom stereocenters. The lowest BCUT2D eigenvalue weighted by Crippen LogP contribution is -2.34. The summed E-state index contributed by atoms with van der Waals surface area (Å²) in [6.07, 6.45) is -0.743. The lowest BCUT2D eigenvalue weighted by atomic mass is 10.0. The highest BCUT2D eigenvalue weighted by Crippen LogP contribution is 2.25. The third kappa shape index (κ3) is 5.78. The first-order chi connectivity index (χ1) is 13.4. The number of hydrogen-bond acceptors (Lipinski definition) is 5. The van der Waals surface area contributed by atoms with Gasteiger partial charge in [0.05, 0.1) is 18.5 Å². The van der Waals surface area contributed by atoms with Crippen LogP contribution in [-0.2, 0) is 4.74 Å². The third-order valence-electron chi connectivity index (χ3n) is 3.55. The molecule has 28 heavy (non-hydrogen) atoms. The Morgan fingerprint density at radius 2 is 1.68 bits per heavy atom. The Labute approximate surface area is 167 Å². The van der Waals surface area contributed by atoms with E-state index in [1.54, 1.807) is 49.4 Å². The Hall–Kier alpha value is -3.46. The Balaban J connectivity index is 2.32. The first kappa shape index (κ1) is 20.8. The SMILES string of the molecule is CCNC(=O)Nc1ccc(C(=O)c2ccccc2)cc1NC(=S)NC(=O)OC. The molecule has 9 heteroatoms. The Bertz CT molecular complexity index is 887. The lowest BCUT2D eigenvalue weighted by Gasteiger charge is -2.15. The van der Waals surface area contributed by atoms with E-state index in [1.165, 1.54) is 7.11 Å². The van der Waals surface area contributed by atoms with Gasteiger partial charge < -0.3 is 20.7 Å². The maximum atomic E-state index is 12.7. The van der Waals surface area contributed by atoms with Gasteiger partial charge in [0.1, 0.15) is 0 Å². The van der Waals surface area contributed by atoms with Crippen molar-refractivity contribution in [1.82, 2.24) is 10.6 Å². The van der Waals surface area contributed by atoms with Crippen LogP contribution in [0.15, 0.2) is 48.5 Å². The van der Waals surface area contributed by atoms with E-state index in [4.69, 9.17) is 12.2 Å². The van der Waals surface area contributed by atoms with Crippen molar-refractivity contribution in [3.63, 3.8) is 0 Å². The number of rotatable bonds is 5. The minimum atomic E-state index is -0.743. The van der Waals surface area contributed by atoms with Gasteiger partial charge in [-0.2, -0.15) is 0 Å². The van der Waals surface area contributed by atoms with E-state index in [2.05, 4.69) is 26.0 Å². The molecule has 3 amide bonds. The molecule has 0 aliphatic carbocycles. The highest BCUT2D eigenvalue weighted by Gasteiger charge is 2.14. The molecular formula is C19H20N4O4S. The molecular weight excluding hydrogens is 380 g/mol. The van der Waals surface area contributed by atoms with Crippen molar-refractivity contribution in [2.75, 3.05) is 24.3 Å². The predicted molar refractivity (Wildman–Crippen MR) is 111 cm³/mol. The summed E-state index contributed by atoms with van der Waals surface area (Å²) in [6.45, 7) is 2.23. The molecule has 0 spiro atoms. The molecule has 4 N–H and O–H groups in total. The van der Waals surface area contributed by atoms with Gasteiger partial charge in [-0.05, 0) is 37.3 Å². The van der Waals surface area contributed by atoms with Crippen LogP contribution in [0.25, 0.3) is 0 Å². The van der Waals surface area contributed by atoms with E-state index >= 15 is 0 Å². The summed E-state index contributed by atoms with van der Waals surface area (Å²) in [4.78, 5) is 35.9. The molecule has 0 radical (unpaired) electrons. The van der Waals surface area contributed by atoms with Gasteiger partial charge in [-0.15, -0.1) is 0 Å². The highest BCUT2D eigenvalue weighted by atomic mass is 32.1. The number of carbonyl (C=O) groups is 3. The molecule has 2 rings (SSSR count). The van der Waals surface area contributed by atoms with Crippen LogP contribution in [0.4, 0.5) is 21.0 Å². The quantitative estimate of drug-likeness (QED) is 0.454. The molecule has 0 heterocycles. The number of thiocarbonyl (C=S) groups is 1. The van der Waals surface area contributed by atoms with Crippen molar-refractivity contribution in [3.8, 4) is 0 Å². The average molecular weight is 400 g/mol. The third-order valence-corrected chi connectivity index (χ3v) is 3.76. The van der Waals surface area contributed by atoms with Crippen molar-refractivity contribution in [2.45, 2.75) is 6.92 Å². The van der Waals surface area contributed by atoms with E-state index in [-0.39, 0.29) is 10.9 Å². The molecule has 146 valence electrons. The van der Waals surface area contributed by atoms with E-state index < -0.39 is 12.1 Å². The molecule has 2 aromatic rings. The maximum Gasteiger partial charge on any atom is 0.413 e. The van der Waals surface area contributed by atoms with Crippen molar-refractivity contribution >= 4 is 46.6 Å². The van der Waals surface area contributed by atoms with Gasteiger partial charge in [0.2, 0.25) is 0 Å². The molecule has 0 fully saturated rings. The fourth-order valence-corrected chi connectivity index (χ4v) is 2.47. The first-order valence-corrected chi connectivity index (χ1v) is 8.80. The number of urea groups is 1. The van der Waals surface area contributed by atoms with Crippen LogP contribution in [0.3, 0.4) is 0 Å². The summed E-state index contributed by atoms with van der Waals surface area (Å²) in [6, 6.07) is 13.1. The van der Waals surface area contributed by atoms with Crippen LogP contribution < -0.4 is 21.3 Å². The Morgan fingerprint density at radius 3 is 2.32 bits per heavy atom. The van der Waals surface area contributed by atoms with Crippen LogP contribution in [0, 0.1) is 0 Å². The number of hydrogen-bond donors (Lipinski definition) is 4. The standard InChI is InChI=1S/C19H20N4O4S/c1-3-20-17(25)21-14-10-9-13(16(24)12-7-5-4-6-8-12)11-15(14)22-18(28)23-19(26)27-2/h4-11H,3H2,1-2H3,(H2,20,21,25)(H2,22,23,26,28). The lowest BCUT2D eigenvalue weighted by molar-refractivity contribution is 0.103. The fraction of sp³-hybridized carbons (Fsp3) is 0.158. The summed E-state index contributed by atoms with van der Waals surface area (Å²) in [7, 11) is 1.21. The number of ketones is 1. The van der Waals surface area contributed by atoms with Gasteiger partial charge in [0.15, 0.2) is 10.9 Å². The van der Waals surface area contributed by atoms with Crippen LogP contribution in [0.1, 0.15) is 22.8 Å². The number of amides is 3. The van der Waals surface area contributed by atoms with Gasteiger partial charge in [0.25, 0.3) is 0 Å². The number of carbonyl (C=O) groups excluding carboxylic acids is 3. The zero-order valence-electron chi connectivity index (χ0n) is 15.4. The zero-order valence-corrected chi connectivity index (χ0v) is 16.2. The molecule has 0 atom stereocenters. The van der Waals surface area contributed by atoms with Crippen molar-refractivity contribution in [1.29, 1.82) is 0 Å². The van der Waals surface area contributed by atoms with Crippen molar-refractivity contribution in [3.05, 3.63) is 59.7 Å². The van der Waals surface area contributed by atoms with Crippen molar-refractivity contribution < 1.29 is 19.1 Å². The first-order valence-electron chi connectivity index (χ1n) is 8.39. The molecule has 0 saturated heterocycles. The maximum absolute atomic E-state index is 12.7. The van der Waals surface area contributed by atoms with Gasteiger partial charge in [0, 0.05) is 17.7 Å². The average Bonchev–Trinajstić information content (AvgIpc) is 2.69. The van der Waals surface area contributed by atoms with Gasteiger partial charge in [-0.1, -0.05) is 30.3 Å². The van der Waals surface area contributed by atoms with Crippen molar-refractivity contribution in [2.24, 2.45) is 0 Å². The van der Waals surface area contributed by atoms with E-state index in [1.807, 2.05) is 6.07 Å². The molecule has 0 aliphatic rings. The smallest absolute Gasteiger partial charge is 0.413 e. The number of benzene rings is 2. The second-order valence-electron chi connectivity index (χ2n) is 5.51. The summed E-state index contributed by atoms with van der Waals surface area (Å²) >= 11 is 5.07. The van der Waals surface area contributed by atoms with Crippen LogP contribution >= 0.6 is 12.2 Å². The molecule has 0 aliphatic heterocycles. The summed E-state index contributed by atoms with van der Waals surface area (Å²) < 4.78 is 4.49. The molecule has 8 nitrogen and oxygen atoms in total. The van der Waals surface area contributed by atoms with Gasteiger partial charge >= 0.3 is 12.1 Å². The molecule has 2 aromatic carbocycles. The number of nitrogens with one attached hydrogen (secondary N) is 4. The molecule has 0 bridgehead atoms. The number of anilines is 2. The zero-order chi connectivity index (χ0) is 20.5. The topological polar surface area (TPSA) is 109 Å². The second-order valence-corrected chi connectivity index (χ2v) is 5.92. The minimum absolute atomic E-state index is 0.0462. The largest absolute Gasteiger partial charge is 0.453 e. The van der Waals surface area contributed by atoms with Crippen LogP contribution in [0.2, 0.25) is 0 Å². The van der Waals surface area contributed by atoms with E-state index in [0.29, 0.717) is 29.0 Å².